The van der Waals surface area contributed by atoms with Crippen molar-refractivity contribution >= 4 is 11.9 Å². The van der Waals surface area contributed by atoms with Crippen molar-refractivity contribution in [3.8, 4) is 5.75 Å². The largest absolute Gasteiger partial charge is 0.497 e. The number of carbonyl (C=O) groups excluding carboxylic acids is 1. The summed E-state index contributed by atoms with van der Waals surface area (Å²) in [6.07, 6.45) is 4.10. The minimum atomic E-state index is -0.930. The second kappa shape index (κ2) is 10.1. The maximum absolute atomic E-state index is 11.8. The molecule has 1 aromatic carbocycles. The molecule has 5 heteroatoms. The standard InChI is InChI=1S/C20H30O5/c1-20(2,3)25-18(21)14-16(19(22)23)9-7-5-6-8-15-10-12-17(24-4)13-11-15/h10-13,16H,5-9,14H2,1-4H3,(H,22,23). The van der Waals surface area contributed by atoms with Crippen molar-refractivity contribution in [2.24, 2.45) is 5.92 Å². The first kappa shape index (κ1) is 21.0. The highest BCUT2D eigenvalue weighted by atomic mass is 16.6. The van der Waals surface area contributed by atoms with E-state index in [0.717, 1.165) is 31.4 Å². The van der Waals surface area contributed by atoms with Gasteiger partial charge in [-0.1, -0.05) is 25.0 Å². The molecule has 0 saturated carbocycles. The molecule has 0 aliphatic heterocycles. The van der Waals surface area contributed by atoms with E-state index in [1.54, 1.807) is 27.9 Å². The lowest BCUT2D eigenvalue weighted by atomic mass is 9.97. The maximum Gasteiger partial charge on any atom is 0.307 e. The van der Waals surface area contributed by atoms with E-state index in [1.165, 1.54) is 5.56 Å². The van der Waals surface area contributed by atoms with E-state index in [1.807, 2.05) is 24.3 Å². The number of esters is 1. The van der Waals surface area contributed by atoms with Gasteiger partial charge in [0.25, 0.3) is 0 Å². The number of ether oxygens (including phenoxy) is 2. The SMILES string of the molecule is COc1ccc(CCCCCC(CC(=O)OC(C)(C)C)C(=O)O)cc1. The third-order valence-electron chi connectivity index (χ3n) is 3.86. The van der Waals surface area contributed by atoms with Crippen LogP contribution in [0.5, 0.6) is 5.75 Å². The fourth-order valence-electron chi connectivity index (χ4n) is 2.59. The Bertz CT molecular complexity index is 542. The van der Waals surface area contributed by atoms with Crippen LogP contribution in [0.25, 0.3) is 0 Å². The van der Waals surface area contributed by atoms with Crippen LogP contribution in [-0.4, -0.2) is 29.8 Å². The number of hydrogen-bond acceptors (Lipinski definition) is 4. The number of carboxylic acid groups (broad SMARTS) is 1. The first-order valence-corrected chi connectivity index (χ1v) is 8.79. The van der Waals surface area contributed by atoms with Gasteiger partial charge in [-0.25, -0.2) is 0 Å². The summed E-state index contributed by atoms with van der Waals surface area (Å²) in [5.74, 6) is -1.20. The number of carboxylic acids is 1. The van der Waals surface area contributed by atoms with Crippen molar-refractivity contribution in [3.63, 3.8) is 0 Å². The molecule has 25 heavy (non-hydrogen) atoms. The molecule has 0 aromatic heterocycles. The van der Waals surface area contributed by atoms with Crippen LogP contribution < -0.4 is 4.74 Å². The number of benzene rings is 1. The molecule has 0 aliphatic rings. The van der Waals surface area contributed by atoms with Crippen molar-refractivity contribution in [3.05, 3.63) is 29.8 Å². The van der Waals surface area contributed by atoms with Crippen LogP contribution in [0.1, 0.15) is 58.4 Å². The first-order valence-electron chi connectivity index (χ1n) is 8.79. The van der Waals surface area contributed by atoms with Gasteiger partial charge >= 0.3 is 11.9 Å². The highest BCUT2D eigenvalue weighted by Crippen LogP contribution is 2.19. The van der Waals surface area contributed by atoms with Crippen LogP contribution in [0.4, 0.5) is 0 Å². The molecular formula is C20H30O5. The molecule has 1 unspecified atom stereocenters. The number of unbranched alkanes of at least 4 members (excludes halogenated alkanes) is 2. The fraction of sp³-hybridized carbons (Fsp3) is 0.600. The maximum atomic E-state index is 11.8. The molecule has 1 N–H and O–H groups in total. The molecule has 1 atom stereocenters. The first-order chi connectivity index (χ1) is 11.7. The van der Waals surface area contributed by atoms with Gasteiger partial charge < -0.3 is 14.6 Å². The van der Waals surface area contributed by atoms with E-state index in [4.69, 9.17) is 9.47 Å². The minimum Gasteiger partial charge on any atom is -0.497 e. The highest BCUT2D eigenvalue weighted by molar-refractivity contribution is 5.78. The lowest BCUT2D eigenvalue weighted by Gasteiger charge is -2.21. The van der Waals surface area contributed by atoms with Gasteiger partial charge in [-0.05, 0) is 57.7 Å². The van der Waals surface area contributed by atoms with Gasteiger partial charge in [0.2, 0.25) is 0 Å². The number of aryl methyl sites for hydroxylation is 1. The van der Waals surface area contributed by atoms with Crippen LogP contribution in [0.3, 0.4) is 0 Å². The summed E-state index contributed by atoms with van der Waals surface area (Å²) in [7, 11) is 1.64. The van der Waals surface area contributed by atoms with Gasteiger partial charge in [0, 0.05) is 0 Å². The van der Waals surface area contributed by atoms with Crippen molar-refractivity contribution in [1.29, 1.82) is 0 Å². The van der Waals surface area contributed by atoms with Gasteiger partial charge in [0.05, 0.1) is 19.4 Å². The minimum absolute atomic E-state index is 0.0644. The Kier molecular flexibility index (Phi) is 8.46. The van der Waals surface area contributed by atoms with Crippen LogP contribution in [0.2, 0.25) is 0 Å². The molecule has 0 aliphatic carbocycles. The number of hydrogen-bond donors (Lipinski definition) is 1. The number of rotatable bonds is 10. The quantitative estimate of drug-likeness (QED) is 0.505. The number of carbonyl (C=O) groups is 2. The van der Waals surface area contributed by atoms with Crippen molar-refractivity contribution < 1.29 is 24.2 Å². The van der Waals surface area contributed by atoms with Crippen molar-refractivity contribution in [2.75, 3.05) is 7.11 Å². The van der Waals surface area contributed by atoms with Gasteiger partial charge in [-0.15, -0.1) is 0 Å². The highest BCUT2D eigenvalue weighted by Gasteiger charge is 2.24. The Morgan fingerprint density at radius 1 is 1.08 bits per heavy atom. The van der Waals surface area contributed by atoms with Crippen LogP contribution in [0, 0.1) is 5.92 Å². The Morgan fingerprint density at radius 3 is 2.24 bits per heavy atom. The van der Waals surface area contributed by atoms with Crippen LogP contribution in [0.15, 0.2) is 24.3 Å². The van der Waals surface area contributed by atoms with Crippen LogP contribution in [-0.2, 0) is 20.7 Å². The summed E-state index contributed by atoms with van der Waals surface area (Å²) >= 11 is 0. The predicted octanol–water partition coefficient (Wildman–Crippen LogP) is 4.23. The lowest BCUT2D eigenvalue weighted by molar-refractivity contribution is -0.160. The zero-order valence-electron chi connectivity index (χ0n) is 15.7. The second-order valence-corrected chi connectivity index (χ2v) is 7.27. The molecule has 0 fully saturated rings. The molecule has 0 bridgehead atoms. The summed E-state index contributed by atoms with van der Waals surface area (Å²) in [6, 6.07) is 7.97. The average Bonchev–Trinajstić information content (AvgIpc) is 2.52. The topological polar surface area (TPSA) is 72.8 Å². The molecule has 0 radical (unpaired) electrons. The number of aliphatic carboxylic acids is 1. The van der Waals surface area contributed by atoms with E-state index < -0.39 is 23.5 Å². The summed E-state index contributed by atoms with van der Waals surface area (Å²) in [5.41, 5.74) is 0.655. The molecule has 5 nitrogen and oxygen atoms in total. The monoisotopic (exact) mass is 350 g/mol. The molecule has 0 saturated heterocycles. The Hall–Kier alpha value is -2.04. The lowest BCUT2D eigenvalue weighted by Crippen LogP contribution is -2.27. The van der Waals surface area contributed by atoms with E-state index in [-0.39, 0.29) is 6.42 Å². The molecule has 0 heterocycles. The van der Waals surface area contributed by atoms with E-state index in [0.29, 0.717) is 6.42 Å². The third-order valence-corrected chi connectivity index (χ3v) is 3.86. The molecule has 1 aromatic rings. The van der Waals surface area contributed by atoms with Gasteiger partial charge in [-0.3, -0.25) is 9.59 Å². The number of methoxy groups -OCH3 is 1. The zero-order valence-corrected chi connectivity index (χ0v) is 15.7. The third kappa shape index (κ3) is 9.13. The van der Waals surface area contributed by atoms with Gasteiger partial charge in [0.15, 0.2) is 0 Å². The summed E-state index contributed by atoms with van der Waals surface area (Å²) < 4.78 is 10.3. The van der Waals surface area contributed by atoms with Gasteiger partial charge in [0.1, 0.15) is 11.4 Å². The molecule has 0 spiro atoms. The summed E-state index contributed by atoms with van der Waals surface area (Å²) in [6.45, 7) is 5.33. The normalized spacial score (nSPS) is 12.5. The van der Waals surface area contributed by atoms with Crippen molar-refractivity contribution in [1.82, 2.24) is 0 Å². The Labute approximate surface area is 150 Å². The predicted molar refractivity (Wildman–Crippen MR) is 96.8 cm³/mol. The smallest absolute Gasteiger partial charge is 0.307 e. The molecule has 140 valence electrons. The van der Waals surface area contributed by atoms with Gasteiger partial charge in [-0.2, -0.15) is 0 Å². The summed E-state index contributed by atoms with van der Waals surface area (Å²) in [4.78, 5) is 23.1. The fourth-order valence-corrected chi connectivity index (χ4v) is 2.59. The molecule has 0 amide bonds. The Morgan fingerprint density at radius 2 is 1.72 bits per heavy atom. The zero-order chi connectivity index (χ0) is 18.9. The molecular weight excluding hydrogens is 320 g/mol. The van der Waals surface area contributed by atoms with Crippen molar-refractivity contribution in [2.45, 2.75) is 64.9 Å². The van der Waals surface area contributed by atoms with Crippen LogP contribution >= 0.6 is 0 Å². The summed E-state index contributed by atoms with van der Waals surface area (Å²) in [5, 5.41) is 9.28. The van der Waals surface area contributed by atoms with E-state index >= 15 is 0 Å². The van der Waals surface area contributed by atoms with E-state index in [2.05, 4.69) is 0 Å². The molecule has 1 rings (SSSR count). The van der Waals surface area contributed by atoms with E-state index in [9.17, 15) is 14.7 Å². The average molecular weight is 350 g/mol. The Balaban J connectivity index is 2.30. The second-order valence-electron chi connectivity index (χ2n) is 7.27.